The Balaban J connectivity index is 2.05. The molecule has 0 aromatic heterocycles. The number of aliphatic carboxylic acids is 1. The Morgan fingerprint density at radius 2 is 2.14 bits per heavy atom. The van der Waals surface area contributed by atoms with Crippen molar-refractivity contribution in [1.82, 2.24) is 5.32 Å². The summed E-state index contributed by atoms with van der Waals surface area (Å²) in [6, 6.07) is 5.16. The van der Waals surface area contributed by atoms with Crippen molar-refractivity contribution in [1.29, 1.82) is 0 Å². The quantitative estimate of drug-likeness (QED) is 0.831. The molecule has 120 valence electrons. The first-order chi connectivity index (χ1) is 10.3. The molecule has 1 aliphatic carbocycles. The molecule has 7 heteroatoms. The summed E-state index contributed by atoms with van der Waals surface area (Å²) in [6.07, 6.45) is 0.635. The molecule has 1 aromatic carbocycles. The Morgan fingerprint density at radius 3 is 2.68 bits per heavy atom. The lowest BCUT2D eigenvalue weighted by Gasteiger charge is -2.25. The number of carboxylic acid groups (broad SMARTS) is 1. The van der Waals surface area contributed by atoms with Crippen LogP contribution in [0.5, 0.6) is 0 Å². The van der Waals surface area contributed by atoms with Gasteiger partial charge in [0.15, 0.2) is 5.54 Å². The van der Waals surface area contributed by atoms with Crippen LogP contribution >= 0.6 is 23.2 Å². The van der Waals surface area contributed by atoms with Crippen LogP contribution < -0.4 is 5.32 Å². The number of carbonyl (C=O) groups is 2. The van der Waals surface area contributed by atoms with Crippen LogP contribution in [0.25, 0.3) is 0 Å². The summed E-state index contributed by atoms with van der Waals surface area (Å²) in [5.41, 5.74) is -0.585. The van der Waals surface area contributed by atoms with Gasteiger partial charge >= 0.3 is 5.97 Å². The maximum absolute atomic E-state index is 12.3. The molecule has 0 bridgehead atoms. The van der Waals surface area contributed by atoms with Crippen molar-refractivity contribution < 1.29 is 19.4 Å². The maximum atomic E-state index is 12.3. The molecule has 1 aliphatic rings. The van der Waals surface area contributed by atoms with E-state index in [2.05, 4.69) is 5.32 Å². The standard InChI is InChI=1S/C15H17Cl2NO4/c1-15(7-22-2,14(20)21)18-13(19)11-6-10(11)9-4-3-8(16)5-12(9)17/h3-5,10-11H,6-7H2,1-2H3,(H,18,19)(H,20,21). The van der Waals surface area contributed by atoms with Gasteiger partial charge < -0.3 is 15.2 Å². The molecule has 1 amide bonds. The van der Waals surface area contributed by atoms with Crippen molar-refractivity contribution in [2.24, 2.45) is 5.92 Å². The van der Waals surface area contributed by atoms with E-state index in [1.807, 2.05) is 0 Å². The molecule has 0 heterocycles. The number of hydrogen-bond donors (Lipinski definition) is 2. The largest absolute Gasteiger partial charge is 0.479 e. The summed E-state index contributed by atoms with van der Waals surface area (Å²) in [5.74, 6) is -1.73. The zero-order valence-electron chi connectivity index (χ0n) is 12.2. The Bertz CT molecular complexity index is 607. The third kappa shape index (κ3) is 3.54. The molecule has 0 spiro atoms. The molecule has 2 N–H and O–H groups in total. The first-order valence-corrected chi connectivity index (χ1v) is 7.53. The van der Waals surface area contributed by atoms with Gasteiger partial charge in [0, 0.05) is 23.1 Å². The summed E-state index contributed by atoms with van der Waals surface area (Å²) in [4.78, 5) is 23.6. The van der Waals surface area contributed by atoms with Crippen molar-refractivity contribution in [2.75, 3.05) is 13.7 Å². The van der Waals surface area contributed by atoms with Gasteiger partial charge in [-0.15, -0.1) is 0 Å². The molecule has 5 nitrogen and oxygen atoms in total. The molecule has 1 fully saturated rings. The van der Waals surface area contributed by atoms with E-state index >= 15 is 0 Å². The second-order valence-corrected chi connectivity index (χ2v) is 6.52. The minimum Gasteiger partial charge on any atom is -0.479 e. The van der Waals surface area contributed by atoms with E-state index in [0.29, 0.717) is 16.5 Å². The average Bonchev–Trinajstić information content (AvgIpc) is 3.19. The van der Waals surface area contributed by atoms with Crippen LogP contribution in [-0.2, 0) is 14.3 Å². The van der Waals surface area contributed by atoms with Gasteiger partial charge in [0.1, 0.15) is 0 Å². The molecular formula is C15H17Cl2NO4. The van der Waals surface area contributed by atoms with E-state index in [4.69, 9.17) is 27.9 Å². The van der Waals surface area contributed by atoms with Crippen molar-refractivity contribution in [2.45, 2.75) is 24.8 Å². The maximum Gasteiger partial charge on any atom is 0.331 e. The van der Waals surface area contributed by atoms with Gasteiger partial charge in [-0.25, -0.2) is 4.79 Å². The third-order valence-corrected chi connectivity index (χ3v) is 4.36. The van der Waals surface area contributed by atoms with Gasteiger partial charge in [-0.3, -0.25) is 4.79 Å². The average molecular weight is 346 g/mol. The SMILES string of the molecule is COCC(C)(NC(=O)C1CC1c1ccc(Cl)cc1Cl)C(=O)O. The van der Waals surface area contributed by atoms with Crippen LogP contribution in [0.15, 0.2) is 18.2 Å². The summed E-state index contributed by atoms with van der Waals surface area (Å²) in [5, 5.41) is 12.9. The van der Waals surface area contributed by atoms with Gasteiger partial charge in [0.05, 0.1) is 6.61 Å². The monoisotopic (exact) mass is 345 g/mol. The van der Waals surface area contributed by atoms with Crippen LogP contribution in [0.3, 0.4) is 0 Å². The Labute approximate surface area is 138 Å². The van der Waals surface area contributed by atoms with Gasteiger partial charge in [-0.2, -0.15) is 0 Å². The number of carboxylic acids is 1. The first kappa shape index (κ1) is 17.1. The normalized spacial score (nSPS) is 22.7. The Kier molecular flexibility index (Phi) is 5.00. The second kappa shape index (κ2) is 6.44. The van der Waals surface area contributed by atoms with Crippen LogP contribution in [0.1, 0.15) is 24.8 Å². The summed E-state index contributed by atoms with van der Waals surface area (Å²) in [6.45, 7) is 1.32. The fraction of sp³-hybridized carbons (Fsp3) is 0.467. The highest BCUT2D eigenvalue weighted by molar-refractivity contribution is 6.35. The van der Waals surface area contributed by atoms with Crippen LogP contribution in [0, 0.1) is 5.92 Å². The van der Waals surface area contributed by atoms with Crippen LogP contribution in [-0.4, -0.2) is 36.2 Å². The molecule has 2 rings (SSSR count). The first-order valence-electron chi connectivity index (χ1n) is 6.78. The number of halogens is 2. The molecule has 0 saturated heterocycles. The van der Waals surface area contributed by atoms with E-state index in [-0.39, 0.29) is 24.3 Å². The van der Waals surface area contributed by atoms with Crippen molar-refractivity contribution in [3.8, 4) is 0 Å². The zero-order valence-corrected chi connectivity index (χ0v) is 13.7. The second-order valence-electron chi connectivity index (χ2n) is 5.67. The zero-order chi connectivity index (χ0) is 16.5. The Hall–Kier alpha value is -1.30. The molecular weight excluding hydrogens is 329 g/mol. The number of carbonyl (C=O) groups excluding carboxylic acids is 1. The minimum atomic E-state index is -1.44. The van der Waals surface area contributed by atoms with Crippen molar-refractivity contribution >= 4 is 35.1 Å². The smallest absolute Gasteiger partial charge is 0.331 e. The lowest BCUT2D eigenvalue weighted by atomic mass is 10.0. The van der Waals surface area contributed by atoms with Crippen molar-refractivity contribution in [3.63, 3.8) is 0 Å². The number of benzene rings is 1. The lowest BCUT2D eigenvalue weighted by molar-refractivity contribution is -0.149. The number of hydrogen-bond acceptors (Lipinski definition) is 3. The van der Waals surface area contributed by atoms with E-state index in [0.717, 1.165) is 5.56 Å². The van der Waals surface area contributed by atoms with Gasteiger partial charge in [-0.1, -0.05) is 29.3 Å². The molecule has 1 aromatic rings. The highest BCUT2D eigenvalue weighted by Gasteiger charge is 2.47. The number of nitrogens with one attached hydrogen (secondary N) is 1. The predicted molar refractivity (Wildman–Crippen MR) is 83.4 cm³/mol. The molecule has 0 radical (unpaired) electrons. The van der Waals surface area contributed by atoms with Crippen molar-refractivity contribution in [3.05, 3.63) is 33.8 Å². The predicted octanol–water partition coefficient (Wildman–Crippen LogP) is 2.70. The summed E-state index contributed by atoms with van der Waals surface area (Å²) < 4.78 is 4.88. The summed E-state index contributed by atoms with van der Waals surface area (Å²) in [7, 11) is 1.39. The highest BCUT2D eigenvalue weighted by atomic mass is 35.5. The Morgan fingerprint density at radius 1 is 1.45 bits per heavy atom. The fourth-order valence-corrected chi connectivity index (χ4v) is 2.98. The van der Waals surface area contributed by atoms with E-state index < -0.39 is 11.5 Å². The number of rotatable bonds is 6. The minimum absolute atomic E-state index is 0.00893. The van der Waals surface area contributed by atoms with E-state index in [1.165, 1.54) is 14.0 Å². The molecule has 1 saturated carbocycles. The van der Waals surface area contributed by atoms with E-state index in [1.54, 1.807) is 18.2 Å². The number of methoxy groups -OCH3 is 1. The molecule has 3 atom stereocenters. The highest BCUT2D eigenvalue weighted by Crippen LogP contribution is 2.50. The van der Waals surface area contributed by atoms with Crippen LogP contribution in [0.2, 0.25) is 10.0 Å². The third-order valence-electron chi connectivity index (χ3n) is 3.79. The van der Waals surface area contributed by atoms with Gasteiger partial charge in [0.2, 0.25) is 5.91 Å². The van der Waals surface area contributed by atoms with Crippen LogP contribution in [0.4, 0.5) is 0 Å². The topological polar surface area (TPSA) is 75.6 Å². The van der Waals surface area contributed by atoms with E-state index in [9.17, 15) is 14.7 Å². The molecule has 0 aliphatic heterocycles. The molecule has 22 heavy (non-hydrogen) atoms. The number of amides is 1. The summed E-state index contributed by atoms with van der Waals surface area (Å²) >= 11 is 12.0. The fourth-order valence-electron chi connectivity index (χ4n) is 2.44. The van der Waals surface area contributed by atoms with Gasteiger partial charge in [-0.05, 0) is 37.0 Å². The number of ether oxygens (including phenoxy) is 1. The lowest BCUT2D eigenvalue weighted by Crippen LogP contribution is -2.55. The molecule has 3 unspecified atom stereocenters. The van der Waals surface area contributed by atoms with Gasteiger partial charge in [0.25, 0.3) is 0 Å².